The molecule has 1 saturated carbocycles. The molecule has 1 heterocycles. The van der Waals surface area contributed by atoms with E-state index < -0.39 is 0 Å². The van der Waals surface area contributed by atoms with Crippen LogP contribution in [-0.4, -0.2) is 45.2 Å². The van der Waals surface area contributed by atoms with Gasteiger partial charge in [-0.15, -0.1) is 0 Å². The minimum absolute atomic E-state index is 0.218. The Balaban J connectivity index is 1.69. The highest BCUT2D eigenvalue weighted by molar-refractivity contribution is 5.81. The number of rotatable bonds is 4. The molecule has 2 aromatic rings. The second-order valence-electron chi connectivity index (χ2n) is 7.49. The number of fused-ring (bicyclic) bond motifs is 1. The third-order valence-corrected chi connectivity index (χ3v) is 5.28. The van der Waals surface area contributed by atoms with Gasteiger partial charge in [0.1, 0.15) is 6.61 Å². The van der Waals surface area contributed by atoms with Crippen molar-refractivity contribution in [3.8, 4) is 22.6 Å². The molecule has 1 amide bonds. The van der Waals surface area contributed by atoms with E-state index >= 15 is 0 Å². The van der Waals surface area contributed by atoms with Gasteiger partial charge in [0.15, 0.2) is 11.5 Å². The van der Waals surface area contributed by atoms with Crippen molar-refractivity contribution in [1.29, 1.82) is 0 Å². The normalized spacial score (nSPS) is 16.2. The first kappa shape index (κ1) is 17.7. The molecule has 0 aromatic heterocycles. The maximum Gasteiger partial charge on any atom is 0.226 e. The number of hydrogen-bond acceptors (Lipinski definition) is 4. The average Bonchev–Trinajstić information content (AvgIpc) is 3.53. The Bertz CT molecular complexity index is 841. The molecule has 5 heteroatoms. The zero-order chi connectivity index (χ0) is 19.0. The van der Waals surface area contributed by atoms with E-state index in [0.29, 0.717) is 19.7 Å². The van der Waals surface area contributed by atoms with Crippen LogP contribution in [0.5, 0.6) is 11.5 Å². The highest BCUT2D eigenvalue weighted by Crippen LogP contribution is 2.39. The molecule has 27 heavy (non-hydrogen) atoms. The van der Waals surface area contributed by atoms with E-state index in [2.05, 4.69) is 35.2 Å². The summed E-state index contributed by atoms with van der Waals surface area (Å²) in [5.74, 6) is 1.96. The summed E-state index contributed by atoms with van der Waals surface area (Å²) in [6, 6.07) is 12.6. The minimum atomic E-state index is 0.218. The number of amides is 1. The molecule has 0 N–H and O–H groups in total. The smallest absolute Gasteiger partial charge is 0.226 e. The first-order valence-corrected chi connectivity index (χ1v) is 9.47. The number of benzene rings is 2. The van der Waals surface area contributed by atoms with Crippen LogP contribution in [0, 0.1) is 5.92 Å². The number of nitrogens with zero attached hydrogens (tertiary/aromatic N) is 2. The van der Waals surface area contributed by atoms with E-state index in [1.54, 1.807) is 7.11 Å². The molecule has 0 radical (unpaired) electrons. The van der Waals surface area contributed by atoms with Gasteiger partial charge in [-0.3, -0.25) is 4.79 Å². The Morgan fingerprint density at radius 1 is 1.15 bits per heavy atom. The standard InChI is InChI=1S/C22H26N2O3/c1-23(2)19-8-6-15(7-9-19)17-12-18-14-24(22(25)16-4-5-16)10-11-27-21(18)20(13-17)26-3/h6-9,12-13,16H,4-5,10-11,14H2,1-3H3. The molecule has 0 unspecified atom stereocenters. The fraction of sp³-hybridized carbons (Fsp3) is 0.409. The number of ether oxygens (including phenoxy) is 2. The Morgan fingerprint density at radius 3 is 2.52 bits per heavy atom. The van der Waals surface area contributed by atoms with Crippen molar-refractivity contribution in [2.45, 2.75) is 19.4 Å². The average molecular weight is 366 g/mol. The second kappa shape index (κ2) is 7.14. The highest BCUT2D eigenvalue weighted by atomic mass is 16.5. The van der Waals surface area contributed by atoms with Crippen molar-refractivity contribution >= 4 is 11.6 Å². The van der Waals surface area contributed by atoms with Crippen LogP contribution in [0.15, 0.2) is 36.4 Å². The molecule has 2 aliphatic rings. The summed E-state index contributed by atoms with van der Waals surface area (Å²) >= 11 is 0. The Kier molecular flexibility index (Phi) is 4.68. The van der Waals surface area contributed by atoms with E-state index in [1.165, 1.54) is 0 Å². The van der Waals surface area contributed by atoms with Crippen LogP contribution in [0.4, 0.5) is 5.69 Å². The molecule has 142 valence electrons. The van der Waals surface area contributed by atoms with Gasteiger partial charge in [-0.05, 0) is 48.2 Å². The molecule has 0 saturated heterocycles. The number of carbonyl (C=O) groups excluding carboxylic acids is 1. The molecule has 1 aliphatic carbocycles. The molecule has 4 rings (SSSR count). The first-order chi connectivity index (χ1) is 13.1. The van der Waals surface area contributed by atoms with E-state index in [9.17, 15) is 4.79 Å². The number of anilines is 1. The van der Waals surface area contributed by atoms with Gasteiger partial charge in [-0.2, -0.15) is 0 Å². The Hall–Kier alpha value is -2.69. The Labute approximate surface area is 160 Å². The fourth-order valence-corrected chi connectivity index (χ4v) is 3.53. The molecule has 5 nitrogen and oxygen atoms in total. The van der Waals surface area contributed by atoms with Gasteiger partial charge in [-0.25, -0.2) is 0 Å². The Morgan fingerprint density at radius 2 is 1.89 bits per heavy atom. The van der Waals surface area contributed by atoms with E-state index in [0.717, 1.165) is 46.7 Å². The lowest BCUT2D eigenvalue weighted by Crippen LogP contribution is -2.33. The van der Waals surface area contributed by atoms with Crippen LogP contribution < -0.4 is 14.4 Å². The minimum Gasteiger partial charge on any atom is -0.493 e. The molecular formula is C22H26N2O3. The largest absolute Gasteiger partial charge is 0.493 e. The zero-order valence-corrected chi connectivity index (χ0v) is 16.2. The molecule has 0 bridgehead atoms. The van der Waals surface area contributed by atoms with Crippen LogP contribution in [0.1, 0.15) is 18.4 Å². The number of hydrogen-bond donors (Lipinski definition) is 0. The van der Waals surface area contributed by atoms with Gasteiger partial charge in [0.2, 0.25) is 5.91 Å². The summed E-state index contributed by atoms with van der Waals surface area (Å²) in [4.78, 5) is 16.6. The topological polar surface area (TPSA) is 42.0 Å². The van der Waals surface area contributed by atoms with Crippen LogP contribution in [0.2, 0.25) is 0 Å². The maximum absolute atomic E-state index is 12.6. The van der Waals surface area contributed by atoms with Crippen LogP contribution in [0.3, 0.4) is 0 Å². The van der Waals surface area contributed by atoms with Gasteiger partial charge in [0.25, 0.3) is 0 Å². The fourth-order valence-electron chi connectivity index (χ4n) is 3.53. The van der Waals surface area contributed by atoms with Crippen molar-refractivity contribution in [2.24, 2.45) is 5.92 Å². The lowest BCUT2D eigenvalue weighted by molar-refractivity contribution is -0.133. The van der Waals surface area contributed by atoms with Gasteiger partial charge < -0.3 is 19.3 Å². The highest BCUT2D eigenvalue weighted by Gasteiger charge is 2.34. The van der Waals surface area contributed by atoms with Gasteiger partial charge >= 0.3 is 0 Å². The lowest BCUT2D eigenvalue weighted by atomic mass is 10.0. The molecular weight excluding hydrogens is 340 g/mol. The zero-order valence-electron chi connectivity index (χ0n) is 16.2. The third kappa shape index (κ3) is 3.59. The SMILES string of the molecule is COc1cc(-c2ccc(N(C)C)cc2)cc2c1OCCN(C(=O)C1CC1)C2. The summed E-state index contributed by atoms with van der Waals surface area (Å²) in [6.07, 6.45) is 2.04. The van der Waals surface area contributed by atoms with Crippen LogP contribution in [0.25, 0.3) is 11.1 Å². The van der Waals surface area contributed by atoms with Crippen molar-refractivity contribution in [3.63, 3.8) is 0 Å². The molecule has 1 aliphatic heterocycles. The van der Waals surface area contributed by atoms with Crippen molar-refractivity contribution in [1.82, 2.24) is 4.90 Å². The predicted molar refractivity (Wildman–Crippen MR) is 106 cm³/mol. The molecule has 0 spiro atoms. The van der Waals surface area contributed by atoms with Crippen LogP contribution >= 0.6 is 0 Å². The lowest BCUT2D eigenvalue weighted by Gasteiger charge is -2.20. The van der Waals surface area contributed by atoms with Crippen LogP contribution in [-0.2, 0) is 11.3 Å². The molecule has 1 fully saturated rings. The quantitative estimate of drug-likeness (QED) is 0.830. The third-order valence-electron chi connectivity index (χ3n) is 5.28. The monoisotopic (exact) mass is 366 g/mol. The summed E-state index contributed by atoms with van der Waals surface area (Å²) < 4.78 is 11.6. The first-order valence-electron chi connectivity index (χ1n) is 9.47. The summed E-state index contributed by atoms with van der Waals surface area (Å²) in [5, 5.41) is 0. The molecule has 0 atom stereocenters. The predicted octanol–water partition coefficient (Wildman–Crippen LogP) is 3.56. The molecule has 2 aromatic carbocycles. The second-order valence-corrected chi connectivity index (χ2v) is 7.49. The summed E-state index contributed by atoms with van der Waals surface area (Å²) in [7, 11) is 5.72. The van der Waals surface area contributed by atoms with Gasteiger partial charge in [-0.1, -0.05) is 12.1 Å². The van der Waals surface area contributed by atoms with Crippen molar-refractivity contribution < 1.29 is 14.3 Å². The van der Waals surface area contributed by atoms with Gasteiger partial charge in [0, 0.05) is 37.8 Å². The van der Waals surface area contributed by atoms with Crippen molar-refractivity contribution in [2.75, 3.05) is 39.3 Å². The summed E-state index contributed by atoms with van der Waals surface area (Å²) in [5.41, 5.74) is 4.35. The van der Waals surface area contributed by atoms with Crippen molar-refractivity contribution in [3.05, 3.63) is 42.0 Å². The van der Waals surface area contributed by atoms with Gasteiger partial charge in [0.05, 0.1) is 13.7 Å². The van der Waals surface area contributed by atoms with E-state index in [4.69, 9.17) is 9.47 Å². The van der Waals surface area contributed by atoms with E-state index in [-0.39, 0.29) is 11.8 Å². The summed E-state index contributed by atoms with van der Waals surface area (Å²) in [6.45, 7) is 1.70. The number of carbonyl (C=O) groups is 1. The number of methoxy groups -OCH3 is 1. The van der Waals surface area contributed by atoms with E-state index in [1.807, 2.05) is 25.1 Å². The maximum atomic E-state index is 12.6.